The van der Waals surface area contributed by atoms with Crippen LogP contribution in [0.2, 0.25) is 0 Å². The lowest BCUT2D eigenvalue weighted by Crippen LogP contribution is -2.44. The quantitative estimate of drug-likeness (QED) is 0.556. The van der Waals surface area contributed by atoms with Gasteiger partial charge in [0.25, 0.3) is 0 Å². The second-order valence-electron chi connectivity index (χ2n) is 12.5. The van der Waals surface area contributed by atoms with E-state index in [1.807, 2.05) is 4.90 Å². The van der Waals surface area contributed by atoms with Crippen molar-refractivity contribution in [2.75, 3.05) is 32.8 Å². The lowest BCUT2D eigenvalue weighted by atomic mass is 9.75. The number of hydrogen-bond acceptors (Lipinski definition) is 6. The van der Waals surface area contributed by atoms with Crippen LogP contribution in [0.15, 0.2) is 10.3 Å². The third-order valence-corrected chi connectivity index (χ3v) is 10.5. The van der Waals surface area contributed by atoms with Crippen LogP contribution in [-0.4, -0.2) is 78.0 Å². The van der Waals surface area contributed by atoms with Gasteiger partial charge in [0.2, 0.25) is 11.8 Å². The molecule has 0 bridgehead atoms. The molecule has 5 rings (SSSR count). The minimum atomic E-state index is 0.0890. The molecule has 1 N–H and O–H groups in total. The highest BCUT2D eigenvalue weighted by atomic mass is 35.5. The Balaban J connectivity index is 1.08. The van der Waals surface area contributed by atoms with E-state index in [0.29, 0.717) is 35.5 Å². The summed E-state index contributed by atoms with van der Waals surface area (Å²) in [6.07, 6.45) is 6.65. The number of halogens is 1. The van der Waals surface area contributed by atoms with Gasteiger partial charge < -0.3 is 14.5 Å². The molecular formula is C27H44ClN5O3. The molecule has 202 valence electrons. The van der Waals surface area contributed by atoms with Gasteiger partial charge in [0.15, 0.2) is 0 Å². The summed E-state index contributed by atoms with van der Waals surface area (Å²) in [6, 6.07) is 0.479. The smallest absolute Gasteiger partial charge is 0.248 e. The van der Waals surface area contributed by atoms with Crippen molar-refractivity contribution in [1.29, 1.82) is 0 Å². The van der Waals surface area contributed by atoms with E-state index in [1.165, 1.54) is 0 Å². The summed E-state index contributed by atoms with van der Waals surface area (Å²) in [6.45, 7) is 10.0. The van der Waals surface area contributed by atoms with Crippen LogP contribution >= 0.6 is 11.6 Å². The Kier molecular flexibility index (Phi) is 8.11. The number of alkyl halides is 1. The zero-order valence-corrected chi connectivity index (χ0v) is 22.9. The Morgan fingerprint density at radius 1 is 1.03 bits per heavy atom. The van der Waals surface area contributed by atoms with Crippen molar-refractivity contribution >= 4 is 23.4 Å². The minimum absolute atomic E-state index is 0.0890. The molecule has 9 heteroatoms. The van der Waals surface area contributed by atoms with Crippen LogP contribution in [0.5, 0.6) is 0 Å². The Morgan fingerprint density at radius 2 is 1.75 bits per heavy atom. The van der Waals surface area contributed by atoms with Crippen LogP contribution in [0.3, 0.4) is 0 Å². The summed E-state index contributed by atoms with van der Waals surface area (Å²) in [5.74, 6) is 2.82. The zero-order chi connectivity index (χ0) is 25.4. The van der Waals surface area contributed by atoms with Crippen molar-refractivity contribution in [2.45, 2.75) is 89.3 Å². The number of carbonyl (C=O) groups excluding carboxylic acids is 2. The van der Waals surface area contributed by atoms with Crippen molar-refractivity contribution in [1.82, 2.24) is 15.2 Å². The minimum Gasteiger partial charge on any atom is -0.368 e. The normalized spacial score (nSPS) is 40.5. The molecule has 2 saturated heterocycles. The van der Waals surface area contributed by atoms with Gasteiger partial charge in [-0.1, -0.05) is 26.0 Å². The van der Waals surface area contributed by atoms with Gasteiger partial charge in [-0.05, 0) is 74.5 Å². The molecule has 36 heavy (non-hydrogen) atoms. The average Bonchev–Trinajstić information content (AvgIpc) is 3.45. The average molecular weight is 522 g/mol. The predicted octanol–water partition coefficient (Wildman–Crippen LogP) is 3.89. The van der Waals surface area contributed by atoms with Gasteiger partial charge in [-0.2, -0.15) is 5.11 Å². The number of carbonyl (C=O) groups is 2. The Morgan fingerprint density at radius 3 is 2.44 bits per heavy atom. The fourth-order valence-electron chi connectivity index (χ4n) is 7.37. The lowest BCUT2D eigenvalue weighted by Gasteiger charge is -2.39. The van der Waals surface area contributed by atoms with Gasteiger partial charge in [-0.3, -0.25) is 15.0 Å². The van der Waals surface area contributed by atoms with E-state index in [2.05, 4.69) is 41.4 Å². The maximum Gasteiger partial charge on any atom is 0.248 e. The molecule has 5 aliphatic rings. The van der Waals surface area contributed by atoms with Crippen LogP contribution in [0.4, 0.5) is 0 Å². The van der Waals surface area contributed by atoms with E-state index in [0.717, 1.165) is 71.1 Å². The lowest BCUT2D eigenvalue weighted by molar-refractivity contribution is -0.142. The highest BCUT2D eigenvalue weighted by molar-refractivity contribution is 6.20. The van der Waals surface area contributed by atoms with Gasteiger partial charge >= 0.3 is 0 Å². The standard InChI is InChI=1S/C27H44ClN5O3/c1-16(2)21-12-22(28)17(3)10-25(21)36-15-26(34)32-8-6-19-13-33(14-20(19)7-9-32)27(35)18-4-5-23-24(11-18)30-31-29-23/h16-25H,4-15H2,1-3H3,(H,29,30). The molecule has 0 aromatic rings. The topological polar surface area (TPSA) is 86.6 Å². The van der Waals surface area contributed by atoms with Crippen LogP contribution in [0.25, 0.3) is 0 Å². The summed E-state index contributed by atoms with van der Waals surface area (Å²) in [4.78, 5) is 30.5. The van der Waals surface area contributed by atoms with Crippen molar-refractivity contribution in [3.63, 3.8) is 0 Å². The first-order valence-corrected chi connectivity index (χ1v) is 14.7. The second kappa shape index (κ2) is 11.1. The molecule has 3 aliphatic heterocycles. The molecule has 2 aliphatic carbocycles. The molecule has 2 saturated carbocycles. The molecule has 2 amide bonds. The number of rotatable bonds is 5. The number of nitrogens with one attached hydrogen (secondary N) is 1. The Bertz CT molecular complexity index is 824. The number of hydrogen-bond donors (Lipinski definition) is 1. The van der Waals surface area contributed by atoms with Crippen LogP contribution < -0.4 is 5.43 Å². The molecule has 9 atom stereocenters. The van der Waals surface area contributed by atoms with Crippen LogP contribution in [0, 0.1) is 35.5 Å². The fourth-order valence-corrected chi connectivity index (χ4v) is 7.68. The summed E-state index contributed by atoms with van der Waals surface area (Å²) in [5, 5.41) is 8.41. The molecular weight excluding hydrogens is 478 g/mol. The number of ether oxygens (including phenoxy) is 1. The third kappa shape index (κ3) is 5.54. The largest absolute Gasteiger partial charge is 0.368 e. The maximum atomic E-state index is 13.3. The van der Waals surface area contributed by atoms with Gasteiger partial charge in [0.05, 0.1) is 18.2 Å². The van der Waals surface area contributed by atoms with Crippen LogP contribution in [0.1, 0.15) is 65.7 Å². The molecule has 0 spiro atoms. The first-order chi connectivity index (χ1) is 17.3. The van der Waals surface area contributed by atoms with Crippen molar-refractivity contribution in [3.05, 3.63) is 0 Å². The maximum absolute atomic E-state index is 13.3. The molecule has 3 heterocycles. The first kappa shape index (κ1) is 26.2. The summed E-state index contributed by atoms with van der Waals surface area (Å²) in [5.41, 5.74) is 3.08. The summed E-state index contributed by atoms with van der Waals surface area (Å²) in [7, 11) is 0. The van der Waals surface area contributed by atoms with Crippen molar-refractivity contribution < 1.29 is 14.3 Å². The van der Waals surface area contributed by atoms with Gasteiger partial charge in [0.1, 0.15) is 6.61 Å². The predicted molar refractivity (Wildman–Crippen MR) is 138 cm³/mol. The first-order valence-electron chi connectivity index (χ1n) is 14.3. The fraction of sp³-hybridized carbons (Fsp3) is 0.926. The Labute approximate surface area is 220 Å². The highest BCUT2D eigenvalue weighted by Gasteiger charge is 2.43. The molecule has 4 fully saturated rings. The van der Waals surface area contributed by atoms with Gasteiger partial charge in [-0.25, -0.2) is 0 Å². The van der Waals surface area contributed by atoms with E-state index in [4.69, 9.17) is 16.3 Å². The van der Waals surface area contributed by atoms with E-state index in [9.17, 15) is 9.59 Å². The Hall–Kier alpha value is -1.41. The molecule has 0 aromatic carbocycles. The molecule has 9 unspecified atom stereocenters. The van der Waals surface area contributed by atoms with Crippen molar-refractivity contribution in [3.8, 4) is 0 Å². The molecule has 0 aromatic heterocycles. The number of fused-ring (bicyclic) bond motifs is 2. The number of amides is 2. The summed E-state index contributed by atoms with van der Waals surface area (Å²) < 4.78 is 6.25. The number of likely N-dealkylation sites (tertiary alicyclic amines) is 2. The van der Waals surface area contributed by atoms with Crippen LogP contribution in [-0.2, 0) is 14.3 Å². The molecule has 0 radical (unpaired) electrons. The SMILES string of the molecule is CC(C)C1CC(Cl)C(C)CC1OCC(=O)N1CCC2CN(C(=O)C3CCC4N=NNC4C3)CC2CC1. The van der Waals surface area contributed by atoms with E-state index < -0.39 is 0 Å². The molecule has 8 nitrogen and oxygen atoms in total. The van der Waals surface area contributed by atoms with E-state index in [-0.39, 0.29) is 42.0 Å². The zero-order valence-electron chi connectivity index (χ0n) is 22.2. The van der Waals surface area contributed by atoms with Crippen molar-refractivity contribution in [2.24, 2.45) is 45.8 Å². The number of nitrogens with zero attached hydrogens (tertiary/aromatic N) is 4. The highest BCUT2D eigenvalue weighted by Crippen LogP contribution is 2.39. The third-order valence-electron chi connectivity index (χ3n) is 9.85. The monoisotopic (exact) mass is 521 g/mol. The second-order valence-corrected chi connectivity index (χ2v) is 13.0. The van der Waals surface area contributed by atoms with E-state index in [1.54, 1.807) is 0 Å². The van der Waals surface area contributed by atoms with E-state index >= 15 is 0 Å². The summed E-state index contributed by atoms with van der Waals surface area (Å²) >= 11 is 6.55. The van der Waals surface area contributed by atoms with Gasteiger partial charge in [0, 0.05) is 37.5 Å². The van der Waals surface area contributed by atoms with Gasteiger partial charge in [-0.15, -0.1) is 11.6 Å².